The first-order valence-corrected chi connectivity index (χ1v) is 4.58. The largest absolute Gasteiger partial charge is 0.370 e. The summed E-state index contributed by atoms with van der Waals surface area (Å²) in [5, 5.41) is 1.54. The van der Waals surface area contributed by atoms with Gasteiger partial charge in [-0.15, -0.1) is 0 Å². The molecule has 1 atom stereocenters. The van der Waals surface area contributed by atoms with Crippen LogP contribution in [0.25, 0.3) is 0 Å². The van der Waals surface area contributed by atoms with Gasteiger partial charge in [0.1, 0.15) is 0 Å². The van der Waals surface area contributed by atoms with Crippen LogP contribution >= 0.6 is 0 Å². The molecule has 1 aliphatic heterocycles. The average Bonchev–Trinajstić information content (AvgIpc) is 1.86. The Balaban J connectivity index is 2.94. The maximum atomic E-state index is 10.6. The Morgan fingerprint density at radius 3 is 2.64 bits per heavy atom. The van der Waals surface area contributed by atoms with Crippen LogP contribution in [0.5, 0.6) is 0 Å². The van der Waals surface area contributed by atoms with Crippen LogP contribution in [0.3, 0.4) is 0 Å². The molecular weight excluding hydrogens is 166 g/mol. The maximum Gasteiger partial charge on any atom is 0.290 e. The van der Waals surface area contributed by atoms with Gasteiger partial charge in [-0.2, -0.15) is 8.42 Å². The van der Waals surface area contributed by atoms with Crippen LogP contribution in [0.4, 0.5) is 0 Å². The summed E-state index contributed by atoms with van der Waals surface area (Å²) in [5.74, 6) is 0. The molecule has 0 spiro atoms. The van der Waals surface area contributed by atoms with Gasteiger partial charge in [-0.25, -0.2) is 0 Å². The number of rotatable bonds is 1. The fraction of sp³-hybridized carbons (Fsp3) is 0.333. The highest BCUT2D eigenvalue weighted by atomic mass is 32.2. The molecule has 0 aromatic rings. The quantitative estimate of drug-likeness (QED) is 0.561. The highest BCUT2D eigenvalue weighted by Gasteiger charge is 2.23. The van der Waals surface area contributed by atoms with Gasteiger partial charge in [-0.1, -0.05) is 6.08 Å². The average molecular weight is 175 g/mol. The van der Waals surface area contributed by atoms with Crippen LogP contribution in [0.1, 0.15) is 6.92 Å². The second kappa shape index (κ2) is 2.67. The normalized spacial score (nSPS) is 24.2. The molecule has 1 unspecified atom stereocenters. The lowest BCUT2D eigenvalue weighted by atomic mass is 10.2. The standard InChI is InChI=1S/C6H9NO3S/c1-5-3-2-4-7-6(5)11(8,9)10/h2-4,6-7H,1H3,(H,8,9,10). The summed E-state index contributed by atoms with van der Waals surface area (Å²) < 4.78 is 29.9. The van der Waals surface area contributed by atoms with E-state index < -0.39 is 15.5 Å². The lowest BCUT2D eigenvalue weighted by molar-refractivity contribution is 0.467. The summed E-state index contributed by atoms with van der Waals surface area (Å²) in [6, 6.07) is 0. The van der Waals surface area contributed by atoms with E-state index in [2.05, 4.69) is 5.32 Å². The van der Waals surface area contributed by atoms with Gasteiger partial charge in [0.05, 0.1) is 0 Å². The third kappa shape index (κ3) is 1.81. The van der Waals surface area contributed by atoms with Gasteiger partial charge in [-0.3, -0.25) is 4.55 Å². The Bertz CT molecular complexity index is 302. The number of dihydropyridines is 1. The summed E-state index contributed by atoms with van der Waals surface area (Å²) in [6.07, 6.45) is 4.79. The number of nitrogens with one attached hydrogen (secondary N) is 1. The molecule has 1 aliphatic rings. The first-order chi connectivity index (χ1) is 5.02. The molecule has 2 N–H and O–H groups in total. The second-order valence-corrected chi connectivity index (χ2v) is 3.83. The van der Waals surface area contributed by atoms with Crippen LogP contribution in [0.2, 0.25) is 0 Å². The molecule has 0 bridgehead atoms. The highest BCUT2D eigenvalue weighted by molar-refractivity contribution is 7.86. The van der Waals surface area contributed by atoms with Crippen molar-refractivity contribution < 1.29 is 13.0 Å². The molecule has 0 aromatic heterocycles. The van der Waals surface area contributed by atoms with Crippen molar-refractivity contribution >= 4 is 10.1 Å². The Labute approximate surface area is 65.4 Å². The van der Waals surface area contributed by atoms with Crippen molar-refractivity contribution in [3.63, 3.8) is 0 Å². The molecule has 62 valence electrons. The lowest BCUT2D eigenvalue weighted by Gasteiger charge is -2.16. The Morgan fingerprint density at radius 2 is 2.27 bits per heavy atom. The third-order valence-corrected chi connectivity index (χ3v) is 2.52. The minimum Gasteiger partial charge on any atom is -0.370 e. The first-order valence-electron chi connectivity index (χ1n) is 3.07. The van der Waals surface area contributed by atoms with Gasteiger partial charge in [-0.05, 0) is 24.8 Å². The van der Waals surface area contributed by atoms with Crippen LogP contribution < -0.4 is 5.32 Å². The first kappa shape index (κ1) is 8.29. The van der Waals surface area contributed by atoms with Crippen molar-refractivity contribution in [2.24, 2.45) is 0 Å². The van der Waals surface area contributed by atoms with Crippen molar-refractivity contribution in [2.75, 3.05) is 0 Å². The molecule has 1 rings (SSSR count). The molecule has 0 radical (unpaired) electrons. The van der Waals surface area contributed by atoms with Crippen molar-refractivity contribution in [1.82, 2.24) is 5.32 Å². The molecule has 0 aliphatic carbocycles. The summed E-state index contributed by atoms with van der Waals surface area (Å²) in [6.45, 7) is 1.63. The Hall–Kier alpha value is -0.810. The van der Waals surface area contributed by atoms with Gasteiger partial charge >= 0.3 is 0 Å². The van der Waals surface area contributed by atoms with Crippen LogP contribution in [-0.2, 0) is 10.1 Å². The third-order valence-electron chi connectivity index (χ3n) is 1.41. The number of allylic oxidation sites excluding steroid dienone is 2. The summed E-state index contributed by atoms with van der Waals surface area (Å²) in [5.41, 5.74) is 0.579. The fourth-order valence-corrected chi connectivity index (χ4v) is 1.68. The van der Waals surface area contributed by atoms with Crippen molar-refractivity contribution in [2.45, 2.75) is 12.3 Å². The van der Waals surface area contributed by atoms with E-state index >= 15 is 0 Å². The maximum absolute atomic E-state index is 10.6. The van der Waals surface area contributed by atoms with Crippen LogP contribution in [0.15, 0.2) is 23.9 Å². The zero-order valence-corrected chi connectivity index (χ0v) is 6.80. The second-order valence-electron chi connectivity index (χ2n) is 2.33. The van der Waals surface area contributed by atoms with Gasteiger partial charge in [0.25, 0.3) is 10.1 Å². The van der Waals surface area contributed by atoms with E-state index in [1.165, 1.54) is 6.20 Å². The fourth-order valence-electron chi connectivity index (χ4n) is 0.883. The van der Waals surface area contributed by atoms with Crippen molar-refractivity contribution in [3.05, 3.63) is 23.9 Å². The molecule has 0 aromatic carbocycles. The molecular formula is C6H9NO3S. The number of hydrogen-bond acceptors (Lipinski definition) is 3. The SMILES string of the molecule is CC1=CC=CNC1S(=O)(=O)O. The van der Waals surface area contributed by atoms with Crippen LogP contribution in [-0.4, -0.2) is 18.3 Å². The monoisotopic (exact) mass is 175 g/mol. The predicted octanol–water partition coefficient (Wildman–Crippen LogP) is 0.264. The molecule has 0 fully saturated rings. The zero-order chi connectivity index (χ0) is 8.48. The van der Waals surface area contributed by atoms with E-state index in [0.29, 0.717) is 5.57 Å². The van der Waals surface area contributed by atoms with Gasteiger partial charge in [0, 0.05) is 0 Å². The Kier molecular flexibility index (Phi) is 2.01. The minimum atomic E-state index is -4.01. The summed E-state index contributed by atoms with van der Waals surface area (Å²) in [7, 11) is -4.01. The molecule has 0 saturated carbocycles. The van der Waals surface area contributed by atoms with Gasteiger partial charge in [0.2, 0.25) is 0 Å². The molecule has 5 heteroatoms. The molecule has 11 heavy (non-hydrogen) atoms. The molecule has 0 amide bonds. The predicted molar refractivity (Wildman–Crippen MR) is 41.4 cm³/mol. The highest BCUT2D eigenvalue weighted by Crippen LogP contribution is 2.10. The van der Waals surface area contributed by atoms with Gasteiger partial charge in [0.15, 0.2) is 5.37 Å². The molecule has 1 heterocycles. The summed E-state index contributed by atoms with van der Waals surface area (Å²) >= 11 is 0. The van der Waals surface area contributed by atoms with E-state index in [1.807, 2.05) is 0 Å². The van der Waals surface area contributed by atoms with E-state index in [0.717, 1.165) is 0 Å². The molecule has 4 nitrogen and oxygen atoms in total. The van der Waals surface area contributed by atoms with E-state index in [9.17, 15) is 8.42 Å². The van der Waals surface area contributed by atoms with E-state index in [-0.39, 0.29) is 0 Å². The van der Waals surface area contributed by atoms with Crippen molar-refractivity contribution in [1.29, 1.82) is 0 Å². The number of hydrogen-bond donors (Lipinski definition) is 2. The van der Waals surface area contributed by atoms with E-state index in [1.54, 1.807) is 19.1 Å². The minimum absolute atomic E-state index is 0.579. The lowest BCUT2D eigenvalue weighted by Crippen LogP contribution is -2.35. The van der Waals surface area contributed by atoms with Gasteiger partial charge < -0.3 is 5.32 Å². The van der Waals surface area contributed by atoms with Crippen molar-refractivity contribution in [3.8, 4) is 0 Å². The zero-order valence-electron chi connectivity index (χ0n) is 5.98. The summed E-state index contributed by atoms with van der Waals surface area (Å²) in [4.78, 5) is 0. The molecule has 0 saturated heterocycles. The van der Waals surface area contributed by atoms with Crippen LogP contribution in [0, 0.1) is 0 Å². The Morgan fingerprint density at radius 1 is 1.64 bits per heavy atom. The van der Waals surface area contributed by atoms with E-state index in [4.69, 9.17) is 4.55 Å². The smallest absolute Gasteiger partial charge is 0.290 e. The topological polar surface area (TPSA) is 66.4 Å².